The summed E-state index contributed by atoms with van der Waals surface area (Å²) in [5.74, 6) is 0.723. The number of anilines is 1. The number of nitrogens with one attached hydrogen (secondary N) is 2. The van der Waals surface area contributed by atoms with Gasteiger partial charge in [-0.2, -0.15) is 5.10 Å². The van der Waals surface area contributed by atoms with Gasteiger partial charge in [-0.3, -0.25) is 9.48 Å². The molecule has 6 nitrogen and oxygen atoms in total. The van der Waals surface area contributed by atoms with Crippen LogP contribution in [0, 0.1) is 6.92 Å². The molecule has 1 unspecified atom stereocenters. The van der Waals surface area contributed by atoms with E-state index in [1.54, 1.807) is 4.68 Å². The summed E-state index contributed by atoms with van der Waals surface area (Å²) in [6, 6.07) is 2.58. The summed E-state index contributed by atoms with van der Waals surface area (Å²) in [5.41, 5.74) is 0.904. The first kappa shape index (κ1) is 17.0. The molecular weight excluding hydrogens is 278 g/mol. The van der Waals surface area contributed by atoms with Crippen LogP contribution in [0.2, 0.25) is 0 Å². The van der Waals surface area contributed by atoms with Crippen molar-refractivity contribution in [1.82, 2.24) is 20.0 Å². The number of piperidine rings is 1. The van der Waals surface area contributed by atoms with E-state index in [-0.39, 0.29) is 5.91 Å². The summed E-state index contributed by atoms with van der Waals surface area (Å²) in [7, 11) is 1.83. The molecule has 1 aromatic rings. The highest BCUT2D eigenvalue weighted by molar-refractivity contribution is 5.91. The zero-order chi connectivity index (χ0) is 15.9. The number of carbonyl (C=O) groups excluding carboxylic acids is 1. The van der Waals surface area contributed by atoms with Crippen LogP contribution in [-0.2, 0) is 11.8 Å². The monoisotopic (exact) mass is 307 g/mol. The van der Waals surface area contributed by atoms with Crippen molar-refractivity contribution in [1.29, 1.82) is 0 Å². The molecule has 2 rings (SSSR count). The lowest BCUT2D eigenvalue weighted by Crippen LogP contribution is -2.39. The first-order chi connectivity index (χ1) is 10.6. The molecule has 1 aliphatic heterocycles. The Morgan fingerprint density at radius 3 is 2.95 bits per heavy atom. The van der Waals surface area contributed by atoms with E-state index in [4.69, 9.17) is 0 Å². The third-order valence-electron chi connectivity index (χ3n) is 4.29. The van der Waals surface area contributed by atoms with Gasteiger partial charge in [0.05, 0.1) is 12.2 Å². The minimum atomic E-state index is -0.0191. The molecule has 1 atom stereocenters. The summed E-state index contributed by atoms with van der Waals surface area (Å²) < 4.78 is 1.69. The number of aromatic nitrogens is 2. The van der Waals surface area contributed by atoms with Crippen LogP contribution in [0.5, 0.6) is 0 Å². The van der Waals surface area contributed by atoms with Gasteiger partial charge in [-0.05, 0) is 52.7 Å². The van der Waals surface area contributed by atoms with Gasteiger partial charge in [0.25, 0.3) is 0 Å². The third-order valence-corrected chi connectivity index (χ3v) is 4.29. The Balaban J connectivity index is 1.58. The maximum absolute atomic E-state index is 11.9. The van der Waals surface area contributed by atoms with Crippen molar-refractivity contribution in [3.63, 3.8) is 0 Å². The van der Waals surface area contributed by atoms with Crippen molar-refractivity contribution in [2.75, 3.05) is 31.5 Å². The minimum absolute atomic E-state index is 0.0191. The van der Waals surface area contributed by atoms with Gasteiger partial charge < -0.3 is 15.5 Å². The fourth-order valence-electron chi connectivity index (χ4n) is 3.01. The lowest BCUT2D eigenvalue weighted by molar-refractivity contribution is -0.115. The highest BCUT2D eigenvalue weighted by Crippen LogP contribution is 2.16. The summed E-state index contributed by atoms with van der Waals surface area (Å²) in [6.07, 6.45) is 5.09. The van der Waals surface area contributed by atoms with Crippen LogP contribution in [0.25, 0.3) is 0 Å². The van der Waals surface area contributed by atoms with E-state index in [9.17, 15) is 4.79 Å². The number of likely N-dealkylation sites (tertiary alicyclic amines) is 1. The Morgan fingerprint density at radius 2 is 2.27 bits per heavy atom. The highest BCUT2D eigenvalue weighted by atomic mass is 16.2. The first-order valence-corrected chi connectivity index (χ1v) is 8.31. The van der Waals surface area contributed by atoms with Gasteiger partial charge in [0.15, 0.2) is 0 Å². The summed E-state index contributed by atoms with van der Waals surface area (Å²) in [6.45, 7) is 7.80. The molecule has 124 valence electrons. The molecule has 22 heavy (non-hydrogen) atoms. The van der Waals surface area contributed by atoms with Crippen LogP contribution in [0.4, 0.5) is 5.82 Å². The number of nitrogens with zero attached hydrogens (tertiary/aromatic N) is 3. The fraction of sp³-hybridized carbons (Fsp3) is 0.750. The zero-order valence-electron chi connectivity index (χ0n) is 14.1. The molecule has 0 bridgehead atoms. The quantitative estimate of drug-likeness (QED) is 0.750. The first-order valence-electron chi connectivity index (χ1n) is 8.31. The second-order valence-electron chi connectivity index (χ2n) is 6.25. The van der Waals surface area contributed by atoms with E-state index in [0.717, 1.165) is 31.0 Å². The van der Waals surface area contributed by atoms with E-state index in [1.165, 1.54) is 25.8 Å². The van der Waals surface area contributed by atoms with Crippen LogP contribution in [-0.4, -0.2) is 52.8 Å². The molecule has 1 saturated heterocycles. The maximum atomic E-state index is 11.9. The van der Waals surface area contributed by atoms with Crippen molar-refractivity contribution in [3.05, 3.63) is 11.8 Å². The number of rotatable bonds is 7. The van der Waals surface area contributed by atoms with Gasteiger partial charge >= 0.3 is 0 Å². The van der Waals surface area contributed by atoms with E-state index < -0.39 is 0 Å². The predicted molar refractivity (Wildman–Crippen MR) is 88.9 cm³/mol. The molecule has 0 aliphatic carbocycles. The number of hydrogen-bond donors (Lipinski definition) is 2. The van der Waals surface area contributed by atoms with E-state index in [2.05, 4.69) is 27.6 Å². The van der Waals surface area contributed by atoms with Crippen LogP contribution >= 0.6 is 0 Å². The molecule has 0 spiro atoms. The number of amides is 1. The van der Waals surface area contributed by atoms with E-state index >= 15 is 0 Å². The van der Waals surface area contributed by atoms with Gasteiger partial charge in [-0.15, -0.1) is 0 Å². The molecule has 1 fully saturated rings. The van der Waals surface area contributed by atoms with Crippen LogP contribution in [0.15, 0.2) is 6.07 Å². The minimum Gasteiger partial charge on any atom is -0.310 e. The van der Waals surface area contributed by atoms with Crippen molar-refractivity contribution in [3.8, 4) is 0 Å². The molecule has 6 heteroatoms. The van der Waals surface area contributed by atoms with Gasteiger partial charge in [0.2, 0.25) is 5.91 Å². The second-order valence-corrected chi connectivity index (χ2v) is 6.25. The average Bonchev–Trinajstić information content (AvgIpc) is 2.78. The standard InChI is InChI=1S/C16H29N5O/c1-13-11-15(20(3)19-13)18-16(22)12-17-8-6-10-21-9-5-4-7-14(21)2/h11,14,17H,4-10,12H2,1-3H3,(H,18,22). The number of aryl methyl sites for hydroxylation is 2. The third kappa shape index (κ3) is 5.10. The molecular formula is C16H29N5O. The van der Waals surface area contributed by atoms with Crippen LogP contribution in [0.1, 0.15) is 38.3 Å². The summed E-state index contributed by atoms with van der Waals surface area (Å²) >= 11 is 0. The van der Waals surface area contributed by atoms with Crippen LogP contribution < -0.4 is 10.6 Å². The number of hydrogen-bond acceptors (Lipinski definition) is 4. The Hall–Kier alpha value is -1.40. The summed E-state index contributed by atoms with van der Waals surface area (Å²) in [4.78, 5) is 14.4. The van der Waals surface area contributed by atoms with Crippen molar-refractivity contribution >= 4 is 11.7 Å². The average molecular weight is 307 g/mol. The molecule has 0 saturated carbocycles. The number of carbonyl (C=O) groups is 1. The van der Waals surface area contributed by atoms with Crippen molar-refractivity contribution < 1.29 is 4.79 Å². The Morgan fingerprint density at radius 1 is 1.45 bits per heavy atom. The molecule has 1 amide bonds. The molecule has 2 N–H and O–H groups in total. The second kappa shape index (κ2) is 8.29. The SMILES string of the molecule is Cc1cc(NC(=O)CNCCCN2CCCCC2C)n(C)n1. The Labute approximate surface area is 133 Å². The molecule has 1 aromatic heterocycles. The lowest BCUT2D eigenvalue weighted by Gasteiger charge is -2.33. The van der Waals surface area contributed by atoms with Gasteiger partial charge in [-0.1, -0.05) is 6.42 Å². The van der Waals surface area contributed by atoms with Gasteiger partial charge in [0.1, 0.15) is 5.82 Å². The predicted octanol–water partition coefficient (Wildman–Crippen LogP) is 1.52. The van der Waals surface area contributed by atoms with Crippen molar-refractivity contribution in [2.24, 2.45) is 7.05 Å². The topological polar surface area (TPSA) is 62.2 Å². The normalized spacial score (nSPS) is 19.3. The van der Waals surface area contributed by atoms with Crippen molar-refractivity contribution in [2.45, 2.75) is 45.6 Å². The van der Waals surface area contributed by atoms with Gasteiger partial charge in [0, 0.05) is 19.2 Å². The van der Waals surface area contributed by atoms with E-state index in [1.807, 2.05) is 20.0 Å². The van der Waals surface area contributed by atoms with Crippen LogP contribution in [0.3, 0.4) is 0 Å². The van der Waals surface area contributed by atoms with E-state index in [0.29, 0.717) is 12.6 Å². The Bertz CT molecular complexity index is 485. The van der Waals surface area contributed by atoms with Gasteiger partial charge in [-0.25, -0.2) is 0 Å². The highest BCUT2D eigenvalue weighted by Gasteiger charge is 2.17. The zero-order valence-corrected chi connectivity index (χ0v) is 14.1. The molecule has 0 radical (unpaired) electrons. The molecule has 1 aliphatic rings. The Kier molecular flexibility index (Phi) is 6.39. The maximum Gasteiger partial charge on any atom is 0.239 e. The summed E-state index contributed by atoms with van der Waals surface area (Å²) in [5, 5.41) is 10.3. The largest absolute Gasteiger partial charge is 0.310 e. The molecule has 2 heterocycles. The smallest absolute Gasteiger partial charge is 0.239 e. The molecule has 0 aromatic carbocycles. The fourth-order valence-corrected chi connectivity index (χ4v) is 3.01. The lowest BCUT2D eigenvalue weighted by atomic mass is 10.0.